The van der Waals surface area contributed by atoms with Gasteiger partial charge in [0.2, 0.25) is 6.79 Å². The van der Waals surface area contributed by atoms with Crippen LogP contribution in [0.15, 0.2) is 59.3 Å². The van der Waals surface area contributed by atoms with Gasteiger partial charge >= 0.3 is 0 Å². The van der Waals surface area contributed by atoms with Crippen LogP contribution in [0, 0.1) is 0 Å². The van der Waals surface area contributed by atoms with Gasteiger partial charge in [0, 0.05) is 17.2 Å². The SMILES string of the molecule is CCCCCc1ccc(-c2cn(Cc3cc(-c4ccc5c(c4)OCO5)no3)nn2)cc1. The Morgan fingerprint density at radius 1 is 0.903 bits per heavy atom. The summed E-state index contributed by atoms with van der Waals surface area (Å²) in [5, 5.41) is 12.7. The van der Waals surface area contributed by atoms with Crippen molar-refractivity contribution in [1.29, 1.82) is 0 Å². The molecule has 0 bridgehead atoms. The normalized spacial score (nSPS) is 12.4. The van der Waals surface area contributed by atoms with Crippen molar-refractivity contribution < 1.29 is 14.0 Å². The number of ether oxygens (including phenoxy) is 2. The van der Waals surface area contributed by atoms with Crippen molar-refractivity contribution in [3.8, 4) is 34.0 Å². The third-order valence-electron chi connectivity index (χ3n) is 5.40. The van der Waals surface area contributed by atoms with Gasteiger partial charge in [0.15, 0.2) is 17.3 Å². The molecule has 0 N–H and O–H groups in total. The number of unbranched alkanes of at least 4 members (excludes halogenated alkanes) is 2. The molecule has 0 atom stereocenters. The Morgan fingerprint density at radius 2 is 1.74 bits per heavy atom. The Balaban J connectivity index is 1.25. The fraction of sp³-hybridized carbons (Fsp3) is 0.292. The van der Waals surface area contributed by atoms with E-state index in [0.717, 1.165) is 40.4 Å². The molecule has 158 valence electrons. The van der Waals surface area contributed by atoms with E-state index in [0.29, 0.717) is 12.3 Å². The number of hydrogen-bond acceptors (Lipinski definition) is 6. The minimum Gasteiger partial charge on any atom is -0.454 e. The highest BCUT2D eigenvalue weighted by Crippen LogP contribution is 2.35. The lowest BCUT2D eigenvalue weighted by atomic mass is 10.0. The Morgan fingerprint density at radius 3 is 2.61 bits per heavy atom. The molecule has 0 saturated carbocycles. The van der Waals surface area contributed by atoms with Gasteiger partial charge in [-0.2, -0.15) is 0 Å². The quantitative estimate of drug-likeness (QED) is 0.372. The van der Waals surface area contributed by atoms with Crippen molar-refractivity contribution in [1.82, 2.24) is 20.2 Å². The van der Waals surface area contributed by atoms with Gasteiger partial charge in [0.05, 0.1) is 6.20 Å². The predicted octanol–water partition coefficient (Wildman–Crippen LogP) is 5.11. The molecule has 0 saturated heterocycles. The summed E-state index contributed by atoms with van der Waals surface area (Å²) in [5.41, 5.74) is 4.92. The molecular weight excluding hydrogens is 392 g/mol. The second-order valence-corrected chi connectivity index (χ2v) is 7.70. The van der Waals surface area contributed by atoms with Crippen molar-refractivity contribution in [2.75, 3.05) is 6.79 Å². The average molecular weight is 416 g/mol. The number of hydrogen-bond donors (Lipinski definition) is 0. The summed E-state index contributed by atoms with van der Waals surface area (Å²) >= 11 is 0. The molecule has 0 aliphatic carbocycles. The van der Waals surface area contributed by atoms with Gasteiger partial charge in [-0.1, -0.05) is 54.4 Å². The Labute approximate surface area is 180 Å². The van der Waals surface area contributed by atoms with Crippen LogP contribution in [0.1, 0.15) is 37.5 Å². The second-order valence-electron chi connectivity index (χ2n) is 7.70. The van der Waals surface area contributed by atoms with Crippen molar-refractivity contribution in [3.05, 3.63) is 66.1 Å². The highest BCUT2D eigenvalue weighted by atomic mass is 16.7. The first kappa shape index (κ1) is 19.4. The van der Waals surface area contributed by atoms with E-state index in [4.69, 9.17) is 14.0 Å². The Hall–Kier alpha value is -3.61. The second kappa shape index (κ2) is 8.63. The van der Waals surface area contributed by atoms with Crippen LogP contribution in [-0.2, 0) is 13.0 Å². The molecule has 0 spiro atoms. The van der Waals surface area contributed by atoms with Crippen LogP contribution >= 0.6 is 0 Å². The van der Waals surface area contributed by atoms with Gasteiger partial charge in [0.1, 0.15) is 17.9 Å². The van der Waals surface area contributed by atoms with E-state index < -0.39 is 0 Å². The van der Waals surface area contributed by atoms with Crippen LogP contribution in [0.2, 0.25) is 0 Å². The maximum absolute atomic E-state index is 5.51. The van der Waals surface area contributed by atoms with Crippen LogP contribution in [0.3, 0.4) is 0 Å². The molecule has 1 aliphatic rings. The number of rotatable bonds is 8. The summed E-state index contributed by atoms with van der Waals surface area (Å²) in [7, 11) is 0. The highest BCUT2D eigenvalue weighted by molar-refractivity contribution is 5.64. The maximum Gasteiger partial charge on any atom is 0.231 e. The average Bonchev–Trinajstić information content (AvgIpc) is 3.55. The zero-order valence-corrected chi connectivity index (χ0v) is 17.5. The number of fused-ring (bicyclic) bond motifs is 1. The van der Waals surface area contributed by atoms with E-state index in [1.54, 1.807) is 4.68 Å². The van der Waals surface area contributed by atoms with Crippen LogP contribution in [0.5, 0.6) is 11.5 Å². The predicted molar refractivity (Wildman–Crippen MR) is 116 cm³/mol. The summed E-state index contributed by atoms with van der Waals surface area (Å²) in [4.78, 5) is 0. The van der Waals surface area contributed by atoms with Crippen LogP contribution in [0.4, 0.5) is 0 Å². The molecule has 7 nitrogen and oxygen atoms in total. The molecular formula is C24H24N4O3. The zero-order chi connectivity index (χ0) is 21.0. The van der Waals surface area contributed by atoms with Crippen LogP contribution < -0.4 is 9.47 Å². The van der Waals surface area contributed by atoms with Gasteiger partial charge in [-0.3, -0.25) is 0 Å². The number of benzene rings is 2. The fourth-order valence-electron chi connectivity index (χ4n) is 3.67. The first-order valence-corrected chi connectivity index (χ1v) is 10.6. The van der Waals surface area contributed by atoms with Gasteiger partial charge in [-0.05, 0) is 36.6 Å². The molecule has 0 amide bonds. The van der Waals surface area contributed by atoms with E-state index in [1.807, 2.05) is 30.5 Å². The lowest BCUT2D eigenvalue weighted by Crippen LogP contribution is -1.98. The van der Waals surface area contributed by atoms with Gasteiger partial charge < -0.3 is 14.0 Å². The number of aryl methyl sites for hydroxylation is 1. The van der Waals surface area contributed by atoms with Crippen LogP contribution in [0.25, 0.3) is 22.5 Å². The number of aromatic nitrogens is 4. The van der Waals surface area contributed by atoms with Gasteiger partial charge in [-0.15, -0.1) is 5.10 Å². The third kappa shape index (κ3) is 4.30. The van der Waals surface area contributed by atoms with Crippen LogP contribution in [-0.4, -0.2) is 26.9 Å². The molecule has 2 aromatic carbocycles. The molecule has 0 fully saturated rings. The van der Waals surface area contributed by atoms with Crippen molar-refractivity contribution >= 4 is 0 Å². The molecule has 1 aliphatic heterocycles. The highest BCUT2D eigenvalue weighted by Gasteiger charge is 2.16. The van der Waals surface area contributed by atoms with Gasteiger partial charge in [-0.25, -0.2) is 4.68 Å². The largest absolute Gasteiger partial charge is 0.454 e. The van der Waals surface area contributed by atoms with Crippen molar-refractivity contribution in [3.63, 3.8) is 0 Å². The summed E-state index contributed by atoms with van der Waals surface area (Å²) in [5.74, 6) is 2.17. The van der Waals surface area contributed by atoms with Crippen molar-refractivity contribution in [2.24, 2.45) is 0 Å². The zero-order valence-electron chi connectivity index (χ0n) is 17.5. The van der Waals surface area contributed by atoms with Gasteiger partial charge in [0.25, 0.3) is 0 Å². The summed E-state index contributed by atoms with van der Waals surface area (Å²) in [6, 6.07) is 16.2. The molecule has 3 heterocycles. The maximum atomic E-state index is 5.51. The smallest absolute Gasteiger partial charge is 0.231 e. The Kier molecular flexibility index (Phi) is 5.39. The summed E-state index contributed by atoms with van der Waals surface area (Å²) in [6.07, 6.45) is 6.79. The minimum absolute atomic E-state index is 0.249. The first-order chi connectivity index (χ1) is 15.3. The summed E-state index contributed by atoms with van der Waals surface area (Å²) < 4.78 is 18.1. The van der Waals surface area contributed by atoms with E-state index in [1.165, 1.54) is 24.8 Å². The summed E-state index contributed by atoms with van der Waals surface area (Å²) in [6.45, 7) is 2.93. The van der Waals surface area contributed by atoms with E-state index in [2.05, 4.69) is 46.7 Å². The molecule has 0 unspecified atom stereocenters. The monoisotopic (exact) mass is 416 g/mol. The molecule has 4 aromatic rings. The molecule has 2 aromatic heterocycles. The number of nitrogens with zero attached hydrogens (tertiary/aromatic N) is 4. The topological polar surface area (TPSA) is 75.2 Å². The molecule has 0 radical (unpaired) electrons. The lowest BCUT2D eigenvalue weighted by Gasteiger charge is -2.02. The first-order valence-electron chi connectivity index (χ1n) is 10.6. The molecule has 5 rings (SSSR count). The third-order valence-corrected chi connectivity index (χ3v) is 5.40. The fourth-order valence-corrected chi connectivity index (χ4v) is 3.67. The standard InChI is InChI=1S/C24H24N4O3/c1-2-3-4-5-17-6-8-18(9-7-17)22-15-28(27-25-22)14-20-13-21(26-31-20)19-10-11-23-24(12-19)30-16-29-23/h6-13,15H,2-5,14,16H2,1H3. The molecule has 31 heavy (non-hydrogen) atoms. The van der Waals surface area contributed by atoms with E-state index >= 15 is 0 Å². The lowest BCUT2D eigenvalue weighted by molar-refractivity contribution is 0.174. The molecule has 7 heteroatoms. The van der Waals surface area contributed by atoms with E-state index in [-0.39, 0.29) is 6.79 Å². The van der Waals surface area contributed by atoms with E-state index in [9.17, 15) is 0 Å². The minimum atomic E-state index is 0.249. The van der Waals surface area contributed by atoms with Crippen molar-refractivity contribution in [2.45, 2.75) is 39.2 Å². The Bertz CT molecular complexity index is 1160.